The molecule has 0 bridgehead atoms. The highest BCUT2D eigenvalue weighted by Gasteiger charge is 2.10. The van der Waals surface area contributed by atoms with E-state index in [4.69, 9.17) is 0 Å². The van der Waals surface area contributed by atoms with Gasteiger partial charge in [0.05, 0.1) is 4.92 Å². The Balaban J connectivity index is 2.61. The molecule has 0 amide bonds. The first kappa shape index (κ1) is 12.8. The molecule has 16 heavy (non-hydrogen) atoms. The highest BCUT2D eigenvalue weighted by Crippen LogP contribution is 2.22. The minimum Gasteiger partial charge on any atom is -0.385 e. The van der Waals surface area contributed by atoms with E-state index in [-0.39, 0.29) is 10.6 Å². The van der Waals surface area contributed by atoms with Crippen LogP contribution in [0.5, 0.6) is 0 Å². The molecule has 1 N–H and O–H groups in total. The van der Waals surface area contributed by atoms with Crippen molar-refractivity contribution in [1.29, 1.82) is 0 Å². The summed E-state index contributed by atoms with van der Waals surface area (Å²) < 4.78 is 0. The van der Waals surface area contributed by atoms with E-state index in [0.717, 1.165) is 24.4 Å². The van der Waals surface area contributed by atoms with E-state index in [2.05, 4.69) is 11.6 Å². The minimum absolute atomic E-state index is 0.176. The van der Waals surface area contributed by atoms with Gasteiger partial charge in [-0.3, -0.25) is 10.1 Å². The number of hydrogen-bond acceptors (Lipinski definition) is 4. The average Bonchev–Trinajstić information content (AvgIpc) is 2.26. The van der Waals surface area contributed by atoms with Gasteiger partial charge >= 0.3 is 0 Å². The second-order valence-electron chi connectivity index (χ2n) is 3.53. The maximum Gasteiger partial charge on any atom is 0.274 e. The molecular formula is C11H16N2O2S. The van der Waals surface area contributed by atoms with Crippen LogP contribution < -0.4 is 5.32 Å². The van der Waals surface area contributed by atoms with Crippen molar-refractivity contribution in [2.24, 2.45) is 0 Å². The summed E-state index contributed by atoms with van der Waals surface area (Å²) in [6.45, 7) is 2.59. The summed E-state index contributed by atoms with van der Waals surface area (Å²) in [6.07, 6.45) is 3.12. The topological polar surface area (TPSA) is 55.2 Å². The van der Waals surface area contributed by atoms with Gasteiger partial charge in [-0.25, -0.2) is 0 Å². The van der Waals surface area contributed by atoms with Crippen LogP contribution >= 0.6 is 11.8 Å². The van der Waals surface area contributed by atoms with Crippen LogP contribution in [0.25, 0.3) is 0 Å². The number of rotatable bonds is 6. The van der Waals surface area contributed by atoms with Crippen LogP contribution in [0.1, 0.15) is 12.0 Å². The summed E-state index contributed by atoms with van der Waals surface area (Å²) in [5.74, 6) is 1.10. The maximum absolute atomic E-state index is 10.7. The van der Waals surface area contributed by atoms with Gasteiger partial charge in [-0.05, 0) is 31.4 Å². The zero-order valence-electron chi connectivity index (χ0n) is 9.53. The van der Waals surface area contributed by atoms with Gasteiger partial charge in [-0.1, -0.05) is 6.07 Å². The predicted molar refractivity (Wildman–Crippen MR) is 69.3 cm³/mol. The molecule has 0 fully saturated rings. The van der Waals surface area contributed by atoms with Crippen molar-refractivity contribution in [2.45, 2.75) is 13.3 Å². The molecule has 0 radical (unpaired) electrons. The highest BCUT2D eigenvalue weighted by molar-refractivity contribution is 7.98. The fraction of sp³-hybridized carbons (Fsp3) is 0.455. The van der Waals surface area contributed by atoms with Crippen molar-refractivity contribution in [3.05, 3.63) is 33.9 Å². The predicted octanol–water partition coefficient (Wildman–Crippen LogP) is 3.07. The van der Waals surface area contributed by atoms with Crippen molar-refractivity contribution in [1.82, 2.24) is 0 Å². The molecule has 1 rings (SSSR count). The zero-order valence-corrected chi connectivity index (χ0v) is 10.3. The van der Waals surface area contributed by atoms with Gasteiger partial charge < -0.3 is 5.32 Å². The quantitative estimate of drug-likeness (QED) is 0.471. The van der Waals surface area contributed by atoms with E-state index in [1.165, 1.54) is 0 Å². The molecule has 0 heterocycles. The molecule has 1 aromatic rings. The van der Waals surface area contributed by atoms with Crippen molar-refractivity contribution >= 4 is 23.1 Å². The molecule has 0 aromatic heterocycles. The molecule has 0 unspecified atom stereocenters. The Kier molecular flexibility index (Phi) is 5.11. The lowest BCUT2D eigenvalue weighted by atomic mass is 10.2. The maximum atomic E-state index is 10.7. The van der Waals surface area contributed by atoms with Crippen LogP contribution in [-0.2, 0) is 0 Å². The molecule has 4 nitrogen and oxygen atoms in total. The Morgan fingerprint density at radius 3 is 2.88 bits per heavy atom. The molecule has 1 aromatic carbocycles. The number of nitrogens with one attached hydrogen (secondary N) is 1. The minimum atomic E-state index is -0.345. The standard InChI is InChI=1S/C11H16N2O2S/c1-9-4-5-10(8-11(9)13(14)15)12-6-3-7-16-2/h4-5,8,12H,3,6-7H2,1-2H3. The van der Waals surface area contributed by atoms with E-state index in [0.29, 0.717) is 5.56 Å². The Morgan fingerprint density at radius 2 is 2.25 bits per heavy atom. The lowest BCUT2D eigenvalue weighted by Crippen LogP contribution is -2.03. The van der Waals surface area contributed by atoms with Gasteiger partial charge in [0.25, 0.3) is 5.69 Å². The second-order valence-corrected chi connectivity index (χ2v) is 4.52. The normalized spacial score (nSPS) is 10.1. The number of nitrogens with zero attached hydrogens (tertiary/aromatic N) is 1. The third-order valence-electron chi connectivity index (χ3n) is 2.26. The molecule has 0 aliphatic rings. The third kappa shape index (κ3) is 3.73. The van der Waals surface area contributed by atoms with Crippen molar-refractivity contribution in [3.8, 4) is 0 Å². The van der Waals surface area contributed by atoms with Crippen LogP contribution in [0, 0.1) is 17.0 Å². The molecule has 88 valence electrons. The molecule has 0 atom stereocenters. The molecule has 5 heteroatoms. The molecule has 0 aliphatic heterocycles. The number of benzene rings is 1. The van der Waals surface area contributed by atoms with Crippen LogP contribution in [0.4, 0.5) is 11.4 Å². The molecule has 0 spiro atoms. The summed E-state index contributed by atoms with van der Waals surface area (Å²) in [4.78, 5) is 10.4. The van der Waals surface area contributed by atoms with Gasteiger partial charge in [0.1, 0.15) is 0 Å². The van der Waals surface area contributed by atoms with E-state index in [1.807, 2.05) is 6.07 Å². The van der Waals surface area contributed by atoms with Crippen molar-refractivity contribution < 1.29 is 4.92 Å². The van der Waals surface area contributed by atoms with E-state index < -0.39 is 0 Å². The van der Waals surface area contributed by atoms with Gasteiger partial charge in [-0.15, -0.1) is 0 Å². The van der Waals surface area contributed by atoms with Crippen LogP contribution in [0.2, 0.25) is 0 Å². The molecule has 0 saturated carbocycles. The lowest BCUT2D eigenvalue weighted by molar-refractivity contribution is -0.385. The summed E-state index contributed by atoms with van der Waals surface area (Å²) in [5, 5.41) is 13.9. The lowest BCUT2D eigenvalue weighted by Gasteiger charge is -2.06. The summed E-state index contributed by atoms with van der Waals surface area (Å²) in [5.41, 5.74) is 1.69. The highest BCUT2D eigenvalue weighted by atomic mass is 32.2. The fourth-order valence-corrected chi connectivity index (χ4v) is 1.80. The zero-order chi connectivity index (χ0) is 12.0. The van der Waals surface area contributed by atoms with E-state index in [9.17, 15) is 10.1 Å². The van der Waals surface area contributed by atoms with Crippen molar-refractivity contribution in [3.63, 3.8) is 0 Å². The Labute approximate surface area is 99.6 Å². The molecule has 0 aliphatic carbocycles. The smallest absolute Gasteiger partial charge is 0.274 e. The van der Waals surface area contributed by atoms with Gasteiger partial charge in [0.2, 0.25) is 0 Å². The first-order valence-electron chi connectivity index (χ1n) is 5.13. The van der Waals surface area contributed by atoms with Gasteiger partial charge in [-0.2, -0.15) is 11.8 Å². The SMILES string of the molecule is CSCCCNc1ccc(C)c([N+](=O)[O-])c1. The third-order valence-corrected chi connectivity index (χ3v) is 2.96. The fourth-order valence-electron chi connectivity index (χ4n) is 1.37. The second kappa shape index (κ2) is 6.37. The Bertz CT molecular complexity index is 369. The molecular weight excluding hydrogens is 224 g/mol. The number of anilines is 1. The first-order chi connectivity index (χ1) is 7.65. The largest absolute Gasteiger partial charge is 0.385 e. The molecule has 0 saturated heterocycles. The summed E-state index contributed by atoms with van der Waals surface area (Å²) >= 11 is 1.80. The Morgan fingerprint density at radius 1 is 1.50 bits per heavy atom. The van der Waals surface area contributed by atoms with Gasteiger partial charge in [0.15, 0.2) is 0 Å². The number of nitro benzene ring substituents is 1. The number of hydrogen-bond donors (Lipinski definition) is 1. The monoisotopic (exact) mass is 240 g/mol. The van der Waals surface area contributed by atoms with Crippen LogP contribution in [-0.4, -0.2) is 23.5 Å². The summed E-state index contributed by atoms with van der Waals surface area (Å²) in [6, 6.07) is 5.24. The average molecular weight is 240 g/mol. The number of aryl methyl sites for hydroxylation is 1. The number of nitro groups is 1. The Hall–Kier alpha value is -1.23. The first-order valence-corrected chi connectivity index (χ1v) is 6.52. The van der Waals surface area contributed by atoms with Crippen LogP contribution in [0.3, 0.4) is 0 Å². The van der Waals surface area contributed by atoms with Gasteiger partial charge in [0, 0.05) is 23.9 Å². The van der Waals surface area contributed by atoms with Crippen LogP contribution in [0.15, 0.2) is 18.2 Å². The van der Waals surface area contributed by atoms with Crippen molar-refractivity contribution in [2.75, 3.05) is 23.9 Å². The van der Waals surface area contributed by atoms with E-state index >= 15 is 0 Å². The van der Waals surface area contributed by atoms with E-state index in [1.54, 1.807) is 30.8 Å². The number of thioether (sulfide) groups is 1. The summed E-state index contributed by atoms with van der Waals surface area (Å²) in [7, 11) is 0.